The largest absolute Gasteiger partial charge is 0.493 e. The summed E-state index contributed by atoms with van der Waals surface area (Å²) in [7, 11) is 3.09. The summed E-state index contributed by atoms with van der Waals surface area (Å²) in [5.74, 6) is 0.659. The first kappa shape index (κ1) is 24.1. The molecule has 1 aliphatic rings. The monoisotopic (exact) mass is 565 g/mol. The molecule has 0 saturated heterocycles. The van der Waals surface area contributed by atoms with E-state index in [0.717, 1.165) is 4.47 Å². The molecular weight excluding hydrogens is 544 g/mol. The summed E-state index contributed by atoms with van der Waals surface area (Å²) in [6.07, 6.45) is 0.976. The van der Waals surface area contributed by atoms with Gasteiger partial charge in [0.1, 0.15) is 0 Å². The maximum atomic E-state index is 14.1. The molecule has 3 aromatic carbocycles. The number of nitrogens with one attached hydrogen (secondary N) is 1. The van der Waals surface area contributed by atoms with Crippen molar-refractivity contribution in [1.82, 2.24) is 10.1 Å². The first-order valence-electron chi connectivity index (χ1n) is 11.0. The van der Waals surface area contributed by atoms with E-state index in [1.807, 2.05) is 54.8 Å². The van der Waals surface area contributed by atoms with Crippen LogP contribution >= 0.6 is 27.7 Å². The number of hydrogen-bond acceptors (Lipinski definition) is 6. The van der Waals surface area contributed by atoms with E-state index in [4.69, 9.17) is 14.6 Å². The summed E-state index contributed by atoms with van der Waals surface area (Å²) in [4.78, 5) is 32.0. The van der Waals surface area contributed by atoms with Gasteiger partial charge in [0.2, 0.25) is 5.16 Å². The number of para-hydroxylation sites is 1. The fourth-order valence-electron chi connectivity index (χ4n) is 4.43. The number of fused-ring (bicyclic) bond motifs is 3. The van der Waals surface area contributed by atoms with E-state index >= 15 is 0 Å². The number of aromatic nitrogens is 3. The van der Waals surface area contributed by atoms with Crippen molar-refractivity contribution in [3.63, 3.8) is 0 Å². The lowest BCUT2D eigenvalue weighted by Gasteiger charge is -2.33. The van der Waals surface area contributed by atoms with Crippen LogP contribution in [0, 0.1) is 0 Å². The van der Waals surface area contributed by atoms with Crippen LogP contribution in [-0.2, 0) is 0 Å². The smallest absolute Gasteiger partial charge is 0.325 e. The lowest BCUT2D eigenvalue weighted by atomic mass is 9.99. The second kappa shape index (κ2) is 9.79. The van der Waals surface area contributed by atoms with Crippen molar-refractivity contribution in [2.45, 2.75) is 11.3 Å². The molecule has 5 rings (SSSR count). The van der Waals surface area contributed by atoms with Gasteiger partial charge in [0.15, 0.2) is 11.5 Å². The van der Waals surface area contributed by atoms with Crippen LogP contribution in [0.1, 0.15) is 22.1 Å². The summed E-state index contributed by atoms with van der Waals surface area (Å²) in [6, 6.07) is 20.0. The number of H-pyrrole nitrogens is 1. The molecule has 0 spiro atoms. The fraction of sp³-hybridized carbons (Fsp3) is 0.154. The number of carbonyl (C=O) groups excluding carboxylic acids is 1. The SMILES string of the molecule is COc1cc(Br)cc([C@H]2N(C(=O)c3ccccc3)c3ccccc3-c3c(=O)[nH]c(SC)n[n+]32)c1OC. The Balaban J connectivity index is 1.90. The number of benzene rings is 3. The number of hydrogen-bond donors (Lipinski definition) is 1. The van der Waals surface area contributed by atoms with Crippen molar-refractivity contribution in [2.24, 2.45) is 0 Å². The minimum atomic E-state index is -0.850. The van der Waals surface area contributed by atoms with E-state index in [-0.39, 0.29) is 11.5 Å². The Bertz CT molecular complexity index is 1530. The highest BCUT2D eigenvalue weighted by atomic mass is 79.9. The maximum Gasteiger partial charge on any atom is 0.325 e. The Morgan fingerprint density at radius 1 is 1.08 bits per heavy atom. The standard InChI is InChI=1S/C26H21BrN4O4S/c1-34-20-14-16(27)13-18(22(20)35-2)24-30(25(33)15-9-5-4-6-10-15)19-12-8-7-11-17(19)21-23(32)28-26(36-3)29-31(21)24/h4-14,24H,1-3H3/p+1/t24-/m0/s1. The zero-order valence-electron chi connectivity index (χ0n) is 19.7. The highest BCUT2D eigenvalue weighted by Crippen LogP contribution is 2.44. The van der Waals surface area contributed by atoms with E-state index in [1.54, 1.807) is 42.0 Å². The molecule has 8 nitrogen and oxygen atoms in total. The molecule has 1 atom stereocenters. The van der Waals surface area contributed by atoms with Gasteiger partial charge in [-0.2, -0.15) is 0 Å². The first-order valence-corrected chi connectivity index (χ1v) is 13.0. The van der Waals surface area contributed by atoms with Crippen molar-refractivity contribution in [3.05, 3.63) is 92.7 Å². The molecule has 1 aromatic heterocycles. The van der Waals surface area contributed by atoms with Crippen molar-refractivity contribution in [2.75, 3.05) is 25.4 Å². The number of rotatable bonds is 5. The molecule has 4 aromatic rings. The third-order valence-corrected chi connectivity index (χ3v) is 6.97. The molecule has 1 amide bonds. The second-order valence-corrected chi connectivity index (χ2v) is 9.63. The molecule has 182 valence electrons. The van der Waals surface area contributed by atoms with Crippen molar-refractivity contribution >= 4 is 39.3 Å². The molecule has 0 fully saturated rings. The number of amides is 1. The first-order chi connectivity index (χ1) is 17.5. The van der Waals surface area contributed by atoms with Crippen LogP contribution in [0.3, 0.4) is 0 Å². The van der Waals surface area contributed by atoms with Crippen LogP contribution in [0.2, 0.25) is 0 Å². The van der Waals surface area contributed by atoms with Crippen LogP contribution in [0.5, 0.6) is 11.5 Å². The van der Waals surface area contributed by atoms with Crippen LogP contribution < -0.4 is 24.6 Å². The van der Waals surface area contributed by atoms with E-state index < -0.39 is 6.17 Å². The summed E-state index contributed by atoms with van der Waals surface area (Å²) in [5.41, 5.74) is 2.31. The molecule has 0 aliphatic carbocycles. The molecule has 0 bridgehead atoms. The Hall–Kier alpha value is -3.63. The molecule has 1 N–H and O–H groups in total. The minimum absolute atomic E-state index is 0.250. The number of carbonyl (C=O) groups is 1. The Morgan fingerprint density at radius 2 is 1.81 bits per heavy atom. The van der Waals surface area contributed by atoms with Crippen molar-refractivity contribution < 1.29 is 19.0 Å². The summed E-state index contributed by atoms with van der Waals surface area (Å²) >= 11 is 4.86. The number of methoxy groups -OCH3 is 2. The van der Waals surface area contributed by atoms with Gasteiger partial charge in [0.25, 0.3) is 12.1 Å². The van der Waals surface area contributed by atoms with E-state index in [1.165, 1.54) is 11.8 Å². The third kappa shape index (κ3) is 3.96. The number of halogens is 1. The van der Waals surface area contributed by atoms with Gasteiger partial charge in [-0.3, -0.25) is 14.6 Å². The van der Waals surface area contributed by atoms with E-state index in [2.05, 4.69) is 20.9 Å². The van der Waals surface area contributed by atoms with Crippen molar-refractivity contribution in [1.29, 1.82) is 0 Å². The van der Waals surface area contributed by atoms with Gasteiger partial charge < -0.3 is 9.47 Å². The molecule has 0 unspecified atom stereocenters. The van der Waals surface area contributed by atoms with Gasteiger partial charge in [-0.25, -0.2) is 4.90 Å². The fourth-order valence-corrected chi connectivity index (χ4v) is 5.25. The normalized spacial score (nSPS) is 14.1. The average molecular weight is 566 g/mol. The Morgan fingerprint density at radius 3 is 2.50 bits per heavy atom. The average Bonchev–Trinajstić information content (AvgIpc) is 2.91. The van der Waals surface area contributed by atoms with Gasteiger partial charge in [-0.15, -0.1) is 0 Å². The van der Waals surface area contributed by atoms with Crippen molar-refractivity contribution in [3.8, 4) is 22.8 Å². The minimum Gasteiger partial charge on any atom is -0.493 e. The lowest BCUT2D eigenvalue weighted by Crippen LogP contribution is -2.61. The molecule has 36 heavy (non-hydrogen) atoms. The molecule has 10 heteroatoms. The van der Waals surface area contributed by atoms with Gasteiger partial charge >= 0.3 is 11.3 Å². The highest BCUT2D eigenvalue weighted by Gasteiger charge is 2.47. The molecule has 0 radical (unpaired) electrons. The predicted octanol–water partition coefficient (Wildman–Crippen LogP) is 4.43. The number of ether oxygens (including phenoxy) is 2. The van der Waals surface area contributed by atoms with Gasteiger partial charge in [0.05, 0.1) is 31.0 Å². The van der Waals surface area contributed by atoms with Gasteiger partial charge in [-0.1, -0.05) is 58.0 Å². The van der Waals surface area contributed by atoms with Crippen LogP contribution in [0.25, 0.3) is 11.3 Å². The zero-order valence-corrected chi connectivity index (χ0v) is 22.1. The summed E-state index contributed by atoms with van der Waals surface area (Å²) in [5, 5.41) is 5.17. The molecular formula is C26H22BrN4O4S+. The lowest BCUT2D eigenvalue weighted by molar-refractivity contribution is -0.763. The third-order valence-electron chi connectivity index (χ3n) is 5.94. The van der Waals surface area contributed by atoms with Gasteiger partial charge in [0, 0.05) is 15.1 Å². The topological polar surface area (TPSA) is 88.4 Å². The number of thioether (sulfide) groups is 1. The molecule has 1 aliphatic heterocycles. The quantitative estimate of drug-likeness (QED) is 0.284. The maximum absolute atomic E-state index is 14.1. The number of nitrogens with zero attached hydrogens (tertiary/aromatic N) is 3. The predicted molar refractivity (Wildman–Crippen MR) is 141 cm³/mol. The summed E-state index contributed by atoms with van der Waals surface area (Å²) < 4.78 is 13.7. The van der Waals surface area contributed by atoms with Crippen LogP contribution in [-0.4, -0.2) is 36.5 Å². The zero-order chi connectivity index (χ0) is 25.4. The van der Waals surface area contributed by atoms with E-state index in [9.17, 15) is 9.59 Å². The van der Waals surface area contributed by atoms with Crippen LogP contribution in [0.4, 0.5) is 5.69 Å². The highest BCUT2D eigenvalue weighted by molar-refractivity contribution is 9.10. The molecule has 0 saturated carbocycles. The number of aromatic amines is 1. The second-order valence-electron chi connectivity index (χ2n) is 7.92. The Labute approximate surface area is 220 Å². The van der Waals surface area contributed by atoms with E-state index in [0.29, 0.717) is 44.7 Å². The van der Waals surface area contributed by atoms with Gasteiger partial charge in [-0.05, 0) is 47.3 Å². The van der Waals surface area contributed by atoms with Crippen LogP contribution in [0.15, 0.2) is 81.2 Å². The molecule has 2 heterocycles. The number of anilines is 1. The summed E-state index contributed by atoms with van der Waals surface area (Å²) in [6.45, 7) is 0. The Kier molecular flexibility index (Phi) is 6.55.